The van der Waals surface area contributed by atoms with Crippen molar-refractivity contribution >= 4 is 29.2 Å². The van der Waals surface area contributed by atoms with Crippen LogP contribution in [0.25, 0.3) is 0 Å². The van der Waals surface area contributed by atoms with E-state index in [4.69, 9.17) is 4.42 Å². The van der Waals surface area contributed by atoms with E-state index < -0.39 is 11.7 Å². The van der Waals surface area contributed by atoms with Crippen molar-refractivity contribution in [1.82, 2.24) is 9.80 Å². The average molecular weight is 442 g/mol. The number of hydrogen-bond acceptors (Lipinski definition) is 4. The average Bonchev–Trinajstić information content (AvgIpc) is 3.47. The van der Waals surface area contributed by atoms with Gasteiger partial charge in [-0.1, -0.05) is 0 Å². The van der Waals surface area contributed by atoms with Crippen molar-refractivity contribution < 1.29 is 23.2 Å². The molecule has 2 aromatic rings. The van der Waals surface area contributed by atoms with E-state index in [-0.39, 0.29) is 23.5 Å². The van der Waals surface area contributed by atoms with Gasteiger partial charge in [0, 0.05) is 31.9 Å². The second kappa shape index (κ2) is 9.42. The van der Waals surface area contributed by atoms with Gasteiger partial charge >= 0.3 is 6.03 Å². The third kappa shape index (κ3) is 4.76. The molecule has 1 atom stereocenters. The van der Waals surface area contributed by atoms with Gasteiger partial charge in [-0.25, -0.2) is 9.18 Å². The van der Waals surface area contributed by atoms with Crippen LogP contribution in [0, 0.1) is 18.7 Å². The standard InChI is InChI=1S/C23H27FN4O4/c1-15-18(8-12-32-15)22(30)26-20-13-17(6-7-19(20)24)25-21(29)16-5-4-11-28(14-16)23(31)27-9-2-3-10-27/h6-8,12-13,16H,2-5,9-11,14H2,1H3,(H,25,29)(H,26,30)/t16-/m0/s1. The lowest BCUT2D eigenvalue weighted by Gasteiger charge is -2.34. The van der Waals surface area contributed by atoms with Crippen LogP contribution in [0.5, 0.6) is 0 Å². The molecule has 1 aromatic carbocycles. The SMILES string of the molecule is Cc1occc1C(=O)Nc1cc(NC(=O)[C@H]2CCCN(C(=O)N3CCCC3)C2)ccc1F. The summed E-state index contributed by atoms with van der Waals surface area (Å²) in [7, 11) is 0. The molecule has 9 heteroatoms. The fourth-order valence-corrected chi connectivity index (χ4v) is 4.23. The van der Waals surface area contributed by atoms with E-state index in [0.717, 1.165) is 32.4 Å². The number of amides is 4. The molecule has 0 aliphatic carbocycles. The van der Waals surface area contributed by atoms with E-state index in [1.165, 1.54) is 30.5 Å². The minimum Gasteiger partial charge on any atom is -0.469 e. The summed E-state index contributed by atoms with van der Waals surface area (Å²) in [4.78, 5) is 41.5. The second-order valence-electron chi connectivity index (χ2n) is 8.29. The van der Waals surface area contributed by atoms with Crippen molar-refractivity contribution in [2.75, 3.05) is 36.8 Å². The molecule has 0 radical (unpaired) electrons. The maximum Gasteiger partial charge on any atom is 0.320 e. The number of anilines is 2. The Kier molecular flexibility index (Phi) is 6.43. The summed E-state index contributed by atoms with van der Waals surface area (Å²) < 4.78 is 19.4. The van der Waals surface area contributed by atoms with Crippen LogP contribution in [-0.2, 0) is 4.79 Å². The lowest BCUT2D eigenvalue weighted by atomic mass is 9.97. The lowest BCUT2D eigenvalue weighted by Crippen LogP contribution is -2.48. The number of rotatable bonds is 4. The zero-order chi connectivity index (χ0) is 22.7. The highest BCUT2D eigenvalue weighted by molar-refractivity contribution is 6.05. The molecule has 32 heavy (non-hydrogen) atoms. The monoisotopic (exact) mass is 442 g/mol. The maximum atomic E-state index is 14.3. The van der Waals surface area contributed by atoms with Crippen molar-refractivity contribution in [3.63, 3.8) is 0 Å². The number of urea groups is 1. The van der Waals surface area contributed by atoms with Gasteiger partial charge in [-0.2, -0.15) is 0 Å². The number of furan rings is 1. The summed E-state index contributed by atoms with van der Waals surface area (Å²) in [6.45, 7) is 4.21. The third-order valence-corrected chi connectivity index (χ3v) is 6.02. The van der Waals surface area contributed by atoms with Gasteiger partial charge in [0.2, 0.25) is 5.91 Å². The Hall–Kier alpha value is -3.36. The molecule has 1 aromatic heterocycles. The molecule has 170 valence electrons. The van der Waals surface area contributed by atoms with Crippen LogP contribution < -0.4 is 10.6 Å². The predicted octanol–water partition coefficient (Wildman–Crippen LogP) is 3.85. The molecule has 8 nitrogen and oxygen atoms in total. The molecular weight excluding hydrogens is 415 g/mol. The molecule has 0 bridgehead atoms. The largest absolute Gasteiger partial charge is 0.469 e. The van der Waals surface area contributed by atoms with E-state index in [0.29, 0.717) is 36.5 Å². The Labute approximate surface area is 185 Å². The lowest BCUT2D eigenvalue weighted by molar-refractivity contribution is -0.121. The minimum absolute atomic E-state index is 0.00122. The van der Waals surface area contributed by atoms with E-state index in [2.05, 4.69) is 10.6 Å². The Morgan fingerprint density at radius 3 is 2.50 bits per heavy atom. The molecule has 0 spiro atoms. The van der Waals surface area contributed by atoms with Crippen LogP contribution in [-0.4, -0.2) is 53.8 Å². The molecule has 0 unspecified atom stereocenters. The first-order valence-electron chi connectivity index (χ1n) is 10.9. The zero-order valence-electron chi connectivity index (χ0n) is 18.0. The number of likely N-dealkylation sites (tertiary alicyclic amines) is 2. The van der Waals surface area contributed by atoms with Crippen LogP contribution in [0.2, 0.25) is 0 Å². The van der Waals surface area contributed by atoms with Gasteiger partial charge in [-0.15, -0.1) is 0 Å². The number of carbonyl (C=O) groups excluding carboxylic acids is 3. The molecule has 2 N–H and O–H groups in total. The van der Waals surface area contributed by atoms with Gasteiger partial charge in [-0.3, -0.25) is 9.59 Å². The number of piperidine rings is 1. The van der Waals surface area contributed by atoms with E-state index in [9.17, 15) is 18.8 Å². The molecule has 4 rings (SSSR count). The van der Waals surface area contributed by atoms with Crippen molar-refractivity contribution in [2.45, 2.75) is 32.6 Å². The summed E-state index contributed by atoms with van der Waals surface area (Å²) in [5.74, 6) is -1.25. The van der Waals surface area contributed by atoms with Crippen LogP contribution >= 0.6 is 0 Å². The Balaban J connectivity index is 1.39. The normalized spacial score (nSPS) is 18.5. The maximum absolute atomic E-state index is 14.3. The number of aryl methyl sites for hydroxylation is 1. The van der Waals surface area contributed by atoms with Gasteiger partial charge in [0.05, 0.1) is 23.4 Å². The van der Waals surface area contributed by atoms with Crippen molar-refractivity contribution in [1.29, 1.82) is 0 Å². The quantitative estimate of drug-likeness (QED) is 0.752. The summed E-state index contributed by atoms with van der Waals surface area (Å²) in [6.07, 6.45) is 4.87. The summed E-state index contributed by atoms with van der Waals surface area (Å²) >= 11 is 0. The van der Waals surface area contributed by atoms with Crippen molar-refractivity contribution in [2.24, 2.45) is 5.92 Å². The topological polar surface area (TPSA) is 94.9 Å². The number of carbonyl (C=O) groups is 3. The first-order chi connectivity index (χ1) is 15.4. The molecule has 2 fully saturated rings. The van der Waals surface area contributed by atoms with Gasteiger partial charge in [0.1, 0.15) is 11.6 Å². The molecule has 2 aliphatic rings. The Morgan fingerprint density at radius 1 is 1.03 bits per heavy atom. The summed E-state index contributed by atoms with van der Waals surface area (Å²) in [5, 5.41) is 5.32. The summed E-state index contributed by atoms with van der Waals surface area (Å²) in [6, 6.07) is 5.53. The molecule has 2 aliphatic heterocycles. The number of nitrogens with one attached hydrogen (secondary N) is 2. The molecular formula is C23H27FN4O4. The van der Waals surface area contributed by atoms with E-state index in [1.807, 2.05) is 4.90 Å². The Bertz CT molecular complexity index is 1020. The van der Waals surface area contributed by atoms with E-state index in [1.54, 1.807) is 11.8 Å². The van der Waals surface area contributed by atoms with Crippen LogP contribution in [0.4, 0.5) is 20.6 Å². The van der Waals surface area contributed by atoms with Gasteiger partial charge in [0.25, 0.3) is 5.91 Å². The van der Waals surface area contributed by atoms with Gasteiger partial charge < -0.3 is 24.9 Å². The highest BCUT2D eigenvalue weighted by atomic mass is 19.1. The second-order valence-corrected chi connectivity index (χ2v) is 8.29. The predicted molar refractivity (Wildman–Crippen MR) is 117 cm³/mol. The molecule has 0 saturated carbocycles. The van der Waals surface area contributed by atoms with Crippen LogP contribution in [0.1, 0.15) is 41.8 Å². The highest BCUT2D eigenvalue weighted by Crippen LogP contribution is 2.24. The fourth-order valence-electron chi connectivity index (χ4n) is 4.23. The summed E-state index contributed by atoms with van der Waals surface area (Å²) in [5.41, 5.74) is 0.644. The molecule has 4 amide bonds. The van der Waals surface area contributed by atoms with Crippen molar-refractivity contribution in [3.8, 4) is 0 Å². The fraction of sp³-hybridized carbons (Fsp3) is 0.435. The van der Waals surface area contributed by atoms with Crippen LogP contribution in [0.3, 0.4) is 0 Å². The van der Waals surface area contributed by atoms with Crippen LogP contribution in [0.15, 0.2) is 34.9 Å². The number of nitrogens with zero attached hydrogens (tertiary/aromatic N) is 2. The third-order valence-electron chi connectivity index (χ3n) is 6.02. The van der Waals surface area contributed by atoms with Crippen molar-refractivity contribution in [3.05, 3.63) is 47.7 Å². The van der Waals surface area contributed by atoms with Gasteiger partial charge in [-0.05, 0) is 56.9 Å². The number of halogens is 1. The zero-order valence-corrected chi connectivity index (χ0v) is 18.0. The minimum atomic E-state index is -0.613. The number of benzene rings is 1. The van der Waals surface area contributed by atoms with E-state index >= 15 is 0 Å². The Morgan fingerprint density at radius 2 is 1.78 bits per heavy atom. The first-order valence-corrected chi connectivity index (χ1v) is 10.9. The van der Waals surface area contributed by atoms with Gasteiger partial charge in [0.15, 0.2) is 0 Å². The molecule has 2 saturated heterocycles. The highest BCUT2D eigenvalue weighted by Gasteiger charge is 2.31. The first kappa shape index (κ1) is 21.9. The number of hydrogen-bond donors (Lipinski definition) is 2. The molecule has 3 heterocycles. The smallest absolute Gasteiger partial charge is 0.320 e.